The first-order chi connectivity index (χ1) is 13.9. The summed E-state index contributed by atoms with van der Waals surface area (Å²) in [5.74, 6) is -0.916. The Morgan fingerprint density at radius 2 is 1.72 bits per heavy atom. The number of aryl methyl sites for hydroxylation is 1. The van der Waals surface area contributed by atoms with E-state index in [4.69, 9.17) is 9.47 Å². The van der Waals surface area contributed by atoms with Gasteiger partial charge in [-0.2, -0.15) is 0 Å². The van der Waals surface area contributed by atoms with Gasteiger partial charge in [0.1, 0.15) is 0 Å². The molecular weight excluding hydrogens is 368 g/mol. The van der Waals surface area contributed by atoms with Crippen LogP contribution in [-0.2, 0) is 19.1 Å². The van der Waals surface area contributed by atoms with E-state index in [-0.39, 0.29) is 13.2 Å². The number of esters is 2. The summed E-state index contributed by atoms with van der Waals surface area (Å²) in [6, 6.07) is 13.6. The first kappa shape index (κ1) is 20.5. The normalized spacial score (nSPS) is 17.4. The molecule has 0 spiro atoms. The molecule has 0 fully saturated rings. The molecular formula is C23H26N2O4. The number of para-hydroxylation sites is 1. The number of nitrogens with one attached hydrogen (secondary N) is 2. The maximum absolute atomic E-state index is 12.7. The van der Waals surface area contributed by atoms with Gasteiger partial charge in [-0.25, -0.2) is 9.59 Å². The molecule has 2 aromatic carbocycles. The summed E-state index contributed by atoms with van der Waals surface area (Å²) in [5.41, 5.74) is 3.25. The van der Waals surface area contributed by atoms with Crippen LogP contribution in [0.3, 0.4) is 0 Å². The van der Waals surface area contributed by atoms with Crippen LogP contribution in [0.1, 0.15) is 31.9 Å². The lowest BCUT2D eigenvalue weighted by molar-refractivity contribution is -0.146. The molecule has 0 radical (unpaired) electrons. The van der Waals surface area contributed by atoms with E-state index in [1.165, 1.54) is 0 Å². The van der Waals surface area contributed by atoms with E-state index >= 15 is 0 Å². The zero-order valence-corrected chi connectivity index (χ0v) is 17.2. The maximum Gasteiger partial charge on any atom is 0.338 e. The van der Waals surface area contributed by atoms with Gasteiger partial charge < -0.3 is 20.1 Å². The number of carbonyl (C=O) groups excluding carboxylic acids is 2. The van der Waals surface area contributed by atoms with Crippen LogP contribution in [0.15, 0.2) is 48.5 Å². The molecule has 0 aromatic heterocycles. The lowest BCUT2D eigenvalue weighted by Gasteiger charge is -2.34. The molecule has 2 aromatic rings. The van der Waals surface area contributed by atoms with Gasteiger partial charge in [-0.05, 0) is 63.6 Å². The monoisotopic (exact) mass is 394 g/mol. The molecule has 3 rings (SSSR count). The first-order valence-electron chi connectivity index (χ1n) is 9.70. The molecule has 0 saturated carbocycles. The van der Waals surface area contributed by atoms with Crippen LogP contribution < -0.4 is 10.6 Å². The summed E-state index contributed by atoms with van der Waals surface area (Å²) in [5, 5.41) is 6.61. The van der Waals surface area contributed by atoms with Crippen LogP contribution in [0.25, 0.3) is 5.57 Å². The van der Waals surface area contributed by atoms with Crippen LogP contribution in [0.5, 0.6) is 0 Å². The Balaban J connectivity index is 2.08. The van der Waals surface area contributed by atoms with Crippen molar-refractivity contribution in [1.29, 1.82) is 0 Å². The first-order valence-corrected chi connectivity index (χ1v) is 9.70. The Kier molecular flexibility index (Phi) is 5.92. The van der Waals surface area contributed by atoms with Gasteiger partial charge in [0, 0.05) is 22.6 Å². The number of benzene rings is 2. The number of ether oxygens (including phenoxy) is 2. The average Bonchev–Trinajstić information content (AvgIpc) is 2.69. The Hall–Kier alpha value is -3.28. The zero-order chi connectivity index (χ0) is 21.0. The molecule has 1 atom stereocenters. The highest BCUT2D eigenvalue weighted by Gasteiger charge is 2.39. The van der Waals surface area contributed by atoms with Gasteiger partial charge in [0.05, 0.1) is 18.8 Å². The average molecular weight is 394 g/mol. The highest BCUT2D eigenvalue weighted by molar-refractivity contribution is 6.21. The van der Waals surface area contributed by atoms with Crippen LogP contribution in [0.4, 0.5) is 17.1 Å². The minimum atomic E-state index is -1.16. The van der Waals surface area contributed by atoms with E-state index < -0.39 is 17.5 Å². The number of hydrogen-bond acceptors (Lipinski definition) is 6. The topological polar surface area (TPSA) is 76.7 Å². The summed E-state index contributed by atoms with van der Waals surface area (Å²) in [6.45, 7) is 7.63. The number of anilines is 3. The number of hydrogen-bond donors (Lipinski definition) is 2. The summed E-state index contributed by atoms with van der Waals surface area (Å²) in [4.78, 5) is 25.3. The van der Waals surface area contributed by atoms with Gasteiger partial charge in [0.15, 0.2) is 5.54 Å². The molecule has 0 bridgehead atoms. The smallest absolute Gasteiger partial charge is 0.338 e. The molecule has 1 unspecified atom stereocenters. The highest BCUT2D eigenvalue weighted by Crippen LogP contribution is 2.39. The van der Waals surface area contributed by atoms with Crippen molar-refractivity contribution in [2.24, 2.45) is 0 Å². The fraction of sp³-hybridized carbons (Fsp3) is 0.304. The van der Waals surface area contributed by atoms with E-state index in [1.54, 1.807) is 26.8 Å². The molecule has 1 aliphatic rings. The fourth-order valence-electron chi connectivity index (χ4n) is 3.36. The third-order valence-electron chi connectivity index (χ3n) is 4.70. The third-order valence-corrected chi connectivity index (χ3v) is 4.70. The Morgan fingerprint density at radius 3 is 2.38 bits per heavy atom. The van der Waals surface area contributed by atoms with E-state index in [9.17, 15) is 9.59 Å². The van der Waals surface area contributed by atoms with E-state index in [2.05, 4.69) is 10.6 Å². The van der Waals surface area contributed by atoms with Crippen LogP contribution >= 0.6 is 0 Å². The number of rotatable bonds is 6. The Bertz CT molecular complexity index is 953. The van der Waals surface area contributed by atoms with Crippen LogP contribution in [-0.4, -0.2) is 30.7 Å². The molecule has 152 valence electrons. The van der Waals surface area contributed by atoms with Gasteiger partial charge in [-0.15, -0.1) is 0 Å². The Morgan fingerprint density at radius 1 is 1.03 bits per heavy atom. The summed E-state index contributed by atoms with van der Waals surface area (Å²) < 4.78 is 10.5. The van der Waals surface area contributed by atoms with E-state index in [0.717, 1.165) is 16.9 Å². The number of carbonyl (C=O) groups is 2. The van der Waals surface area contributed by atoms with E-state index in [1.807, 2.05) is 49.4 Å². The zero-order valence-electron chi connectivity index (χ0n) is 17.2. The third kappa shape index (κ3) is 4.26. The van der Waals surface area contributed by atoms with Crippen molar-refractivity contribution in [2.45, 2.75) is 33.2 Å². The number of fused-ring (bicyclic) bond motifs is 1. The molecule has 0 aliphatic carbocycles. The highest BCUT2D eigenvalue weighted by atomic mass is 16.5. The fourth-order valence-corrected chi connectivity index (χ4v) is 3.36. The Labute approximate surface area is 170 Å². The van der Waals surface area contributed by atoms with Crippen molar-refractivity contribution in [1.82, 2.24) is 0 Å². The second-order valence-corrected chi connectivity index (χ2v) is 7.03. The standard InChI is InChI=1S/C23H26N2O4/c1-5-28-21(26)19-14-23(4,22(27)29-6-2)25-20-15(3)12-17(13-18(19)20)24-16-10-8-7-9-11-16/h7-14,24-25H,5-6H2,1-4H3. The lowest BCUT2D eigenvalue weighted by Crippen LogP contribution is -2.45. The molecule has 2 N–H and O–H groups in total. The van der Waals surface area contributed by atoms with E-state index in [0.29, 0.717) is 16.8 Å². The van der Waals surface area contributed by atoms with Crippen molar-refractivity contribution in [3.05, 3.63) is 59.7 Å². The van der Waals surface area contributed by atoms with Crippen molar-refractivity contribution in [3.63, 3.8) is 0 Å². The molecule has 1 aliphatic heterocycles. The minimum Gasteiger partial charge on any atom is -0.464 e. The lowest BCUT2D eigenvalue weighted by atomic mass is 9.87. The van der Waals surface area contributed by atoms with Gasteiger partial charge in [-0.1, -0.05) is 18.2 Å². The maximum atomic E-state index is 12.7. The van der Waals surface area contributed by atoms with Crippen molar-refractivity contribution >= 4 is 34.6 Å². The predicted molar refractivity (Wildman–Crippen MR) is 114 cm³/mol. The molecule has 29 heavy (non-hydrogen) atoms. The quantitative estimate of drug-likeness (QED) is 0.706. The van der Waals surface area contributed by atoms with Crippen molar-refractivity contribution < 1.29 is 19.1 Å². The van der Waals surface area contributed by atoms with Gasteiger partial charge in [-0.3, -0.25) is 0 Å². The van der Waals surface area contributed by atoms with Crippen LogP contribution in [0.2, 0.25) is 0 Å². The molecule has 1 heterocycles. The molecule has 0 amide bonds. The second kappa shape index (κ2) is 8.39. The molecule has 6 heteroatoms. The molecule has 6 nitrogen and oxygen atoms in total. The van der Waals surface area contributed by atoms with Crippen molar-refractivity contribution in [2.75, 3.05) is 23.8 Å². The SMILES string of the molecule is CCOC(=O)C1=CC(C)(C(=O)OCC)Nc2c(C)cc(Nc3ccccc3)cc21. The van der Waals surface area contributed by atoms with Gasteiger partial charge in [0.25, 0.3) is 0 Å². The van der Waals surface area contributed by atoms with Gasteiger partial charge in [0.2, 0.25) is 0 Å². The minimum absolute atomic E-state index is 0.246. The van der Waals surface area contributed by atoms with Crippen molar-refractivity contribution in [3.8, 4) is 0 Å². The second-order valence-electron chi connectivity index (χ2n) is 7.03. The summed E-state index contributed by atoms with van der Waals surface area (Å²) in [7, 11) is 0. The van der Waals surface area contributed by atoms with Gasteiger partial charge >= 0.3 is 11.9 Å². The summed E-state index contributed by atoms with van der Waals surface area (Å²) in [6.07, 6.45) is 1.59. The largest absolute Gasteiger partial charge is 0.464 e. The summed E-state index contributed by atoms with van der Waals surface area (Å²) >= 11 is 0. The van der Waals surface area contributed by atoms with Crippen LogP contribution in [0, 0.1) is 6.92 Å². The molecule has 0 saturated heterocycles. The predicted octanol–water partition coefficient (Wildman–Crippen LogP) is 4.43.